The predicted molar refractivity (Wildman–Crippen MR) is 93.6 cm³/mol. The minimum absolute atomic E-state index is 0.149. The quantitative estimate of drug-likeness (QED) is 0.735. The molecule has 0 fully saturated rings. The van der Waals surface area contributed by atoms with E-state index >= 15 is 0 Å². The van der Waals surface area contributed by atoms with Crippen LogP contribution in [-0.2, 0) is 14.3 Å². The molecule has 0 saturated carbocycles. The average Bonchev–Trinajstić information content (AvgIpc) is 2.78. The van der Waals surface area contributed by atoms with Gasteiger partial charge in [-0.1, -0.05) is 6.92 Å². The second-order valence-electron chi connectivity index (χ2n) is 6.94. The van der Waals surface area contributed by atoms with Crippen LogP contribution in [0.4, 0.5) is 0 Å². The zero-order valence-electron chi connectivity index (χ0n) is 16.0. The summed E-state index contributed by atoms with van der Waals surface area (Å²) in [6.07, 6.45) is 0.491. The topological polar surface area (TPSA) is 97.5 Å². The second-order valence-corrected chi connectivity index (χ2v) is 6.94. The molecule has 0 aliphatic heterocycles. The van der Waals surface area contributed by atoms with Gasteiger partial charge in [-0.3, -0.25) is 4.79 Å². The fourth-order valence-corrected chi connectivity index (χ4v) is 2.24. The predicted octanol–water partition coefficient (Wildman–Crippen LogP) is 2.66. The molecule has 1 rings (SSSR count). The number of hydrogen-bond acceptors (Lipinski definition) is 5. The first-order valence-corrected chi connectivity index (χ1v) is 8.36. The number of aryl methyl sites for hydroxylation is 1. The maximum atomic E-state index is 12.2. The number of esters is 2. The summed E-state index contributed by atoms with van der Waals surface area (Å²) in [6.45, 7) is 12.2. The third kappa shape index (κ3) is 5.62. The van der Waals surface area contributed by atoms with Crippen LogP contribution in [0.1, 0.15) is 73.1 Å². The third-order valence-corrected chi connectivity index (χ3v) is 3.88. The third-order valence-electron chi connectivity index (χ3n) is 3.88. The van der Waals surface area contributed by atoms with Crippen molar-refractivity contribution in [1.82, 2.24) is 10.3 Å². The van der Waals surface area contributed by atoms with Crippen molar-refractivity contribution in [3.8, 4) is 0 Å². The SMILES string of the molecule is CCC(C)(C)NC(=O)COC(=O)c1[nH]c(C)c(C(=O)OC(C)C)c1C. The lowest BCUT2D eigenvalue weighted by atomic mass is 10.0. The van der Waals surface area contributed by atoms with E-state index < -0.39 is 11.9 Å². The van der Waals surface area contributed by atoms with E-state index in [1.807, 2.05) is 20.8 Å². The maximum absolute atomic E-state index is 12.2. The van der Waals surface area contributed by atoms with Crippen molar-refractivity contribution < 1.29 is 23.9 Å². The first-order chi connectivity index (χ1) is 11.5. The summed E-state index contributed by atoms with van der Waals surface area (Å²) >= 11 is 0. The average molecular weight is 352 g/mol. The van der Waals surface area contributed by atoms with E-state index in [2.05, 4.69) is 10.3 Å². The summed E-state index contributed by atoms with van der Waals surface area (Å²) in [4.78, 5) is 39.1. The van der Waals surface area contributed by atoms with Crippen molar-refractivity contribution >= 4 is 17.8 Å². The lowest BCUT2D eigenvalue weighted by Crippen LogP contribution is -2.44. The first kappa shape index (κ1) is 20.7. The highest BCUT2D eigenvalue weighted by Crippen LogP contribution is 2.20. The van der Waals surface area contributed by atoms with Crippen LogP contribution < -0.4 is 5.32 Å². The first-order valence-electron chi connectivity index (χ1n) is 8.36. The Morgan fingerprint density at radius 1 is 1.16 bits per heavy atom. The van der Waals surface area contributed by atoms with E-state index in [0.717, 1.165) is 6.42 Å². The minimum atomic E-state index is -0.686. The number of carbonyl (C=O) groups is 3. The highest BCUT2D eigenvalue weighted by atomic mass is 16.5. The standard InChI is InChI=1S/C18H28N2O5/c1-8-18(6,7)20-13(21)9-24-17(23)15-11(4)14(12(5)19-15)16(22)25-10(2)3/h10,19H,8-9H2,1-7H3,(H,20,21). The number of hydrogen-bond donors (Lipinski definition) is 2. The molecule has 1 aromatic rings. The van der Waals surface area contributed by atoms with Gasteiger partial charge in [0.2, 0.25) is 0 Å². The molecule has 25 heavy (non-hydrogen) atoms. The summed E-state index contributed by atoms with van der Waals surface area (Å²) in [5.41, 5.74) is 1.07. The van der Waals surface area contributed by atoms with Gasteiger partial charge in [-0.15, -0.1) is 0 Å². The molecule has 0 bridgehead atoms. The fraction of sp³-hybridized carbons (Fsp3) is 0.611. The van der Waals surface area contributed by atoms with Gasteiger partial charge in [0.05, 0.1) is 11.7 Å². The number of ether oxygens (including phenoxy) is 2. The number of carbonyl (C=O) groups excluding carboxylic acids is 3. The molecule has 0 radical (unpaired) electrons. The highest BCUT2D eigenvalue weighted by molar-refractivity contribution is 5.99. The Morgan fingerprint density at radius 2 is 1.76 bits per heavy atom. The fourth-order valence-electron chi connectivity index (χ4n) is 2.24. The molecule has 140 valence electrons. The molecule has 1 heterocycles. The van der Waals surface area contributed by atoms with Gasteiger partial charge < -0.3 is 19.8 Å². The molecule has 7 heteroatoms. The summed E-state index contributed by atoms with van der Waals surface area (Å²) < 4.78 is 10.2. The maximum Gasteiger partial charge on any atom is 0.355 e. The Morgan fingerprint density at radius 3 is 2.28 bits per heavy atom. The van der Waals surface area contributed by atoms with Gasteiger partial charge in [-0.2, -0.15) is 0 Å². The van der Waals surface area contributed by atoms with E-state index in [9.17, 15) is 14.4 Å². The zero-order chi connectivity index (χ0) is 19.4. The van der Waals surface area contributed by atoms with Crippen LogP contribution in [0.15, 0.2) is 0 Å². The normalized spacial score (nSPS) is 11.4. The molecule has 1 aromatic heterocycles. The Balaban J connectivity index is 2.80. The van der Waals surface area contributed by atoms with Crippen molar-refractivity contribution in [3.05, 3.63) is 22.5 Å². The van der Waals surface area contributed by atoms with Crippen LogP contribution >= 0.6 is 0 Å². The molecule has 0 aliphatic rings. The summed E-state index contributed by atoms with van der Waals surface area (Å²) in [5.74, 6) is -1.56. The van der Waals surface area contributed by atoms with E-state index in [1.54, 1.807) is 27.7 Å². The van der Waals surface area contributed by atoms with E-state index in [-0.39, 0.29) is 29.9 Å². The molecule has 7 nitrogen and oxygen atoms in total. The summed E-state index contributed by atoms with van der Waals surface area (Å²) in [6, 6.07) is 0. The van der Waals surface area contributed by atoms with Crippen LogP contribution in [0, 0.1) is 13.8 Å². The lowest BCUT2D eigenvalue weighted by Gasteiger charge is -2.24. The minimum Gasteiger partial charge on any atom is -0.459 e. The molecular weight excluding hydrogens is 324 g/mol. The van der Waals surface area contributed by atoms with Crippen LogP contribution in [0.2, 0.25) is 0 Å². The second kappa shape index (κ2) is 8.18. The Hall–Kier alpha value is -2.31. The van der Waals surface area contributed by atoms with Gasteiger partial charge in [0.25, 0.3) is 5.91 Å². The van der Waals surface area contributed by atoms with Crippen molar-refractivity contribution in [2.75, 3.05) is 6.61 Å². The number of aromatic amines is 1. The Kier molecular flexibility index (Phi) is 6.78. The molecular formula is C18H28N2O5. The zero-order valence-corrected chi connectivity index (χ0v) is 16.0. The number of amides is 1. The molecule has 0 aliphatic carbocycles. The number of rotatable bonds is 7. The molecule has 0 atom stereocenters. The molecule has 0 spiro atoms. The van der Waals surface area contributed by atoms with Crippen LogP contribution in [-0.4, -0.2) is 41.1 Å². The number of H-pyrrole nitrogens is 1. The van der Waals surface area contributed by atoms with Gasteiger partial charge in [0.1, 0.15) is 5.69 Å². The van der Waals surface area contributed by atoms with E-state index in [0.29, 0.717) is 16.8 Å². The summed E-state index contributed by atoms with van der Waals surface area (Å²) in [7, 11) is 0. The van der Waals surface area contributed by atoms with Gasteiger partial charge in [0.15, 0.2) is 6.61 Å². The largest absolute Gasteiger partial charge is 0.459 e. The van der Waals surface area contributed by atoms with Gasteiger partial charge in [-0.25, -0.2) is 9.59 Å². The van der Waals surface area contributed by atoms with Crippen molar-refractivity contribution in [2.45, 2.75) is 66.5 Å². The van der Waals surface area contributed by atoms with Gasteiger partial charge >= 0.3 is 11.9 Å². The monoisotopic (exact) mass is 352 g/mol. The smallest absolute Gasteiger partial charge is 0.355 e. The van der Waals surface area contributed by atoms with Crippen molar-refractivity contribution in [1.29, 1.82) is 0 Å². The van der Waals surface area contributed by atoms with Gasteiger partial charge in [-0.05, 0) is 53.5 Å². The number of nitrogens with one attached hydrogen (secondary N) is 2. The Bertz CT molecular complexity index is 659. The van der Waals surface area contributed by atoms with E-state index in [4.69, 9.17) is 9.47 Å². The van der Waals surface area contributed by atoms with Crippen LogP contribution in [0.25, 0.3) is 0 Å². The highest BCUT2D eigenvalue weighted by Gasteiger charge is 2.25. The molecule has 0 aromatic carbocycles. The lowest BCUT2D eigenvalue weighted by molar-refractivity contribution is -0.125. The van der Waals surface area contributed by atoms with Crippen molar-refractivity contribution in [2.24, 2.45) is 0 Å². The number of aromatic nitrogens is 1. The van der Waals surface area contributed by atoms with E-state index in [1.165, 1.54) is 0 Å². The molecule has 0 unspecified atom stereocenters. The van der Waals surface area contributed by atoms with Crippen LogP contribution in [0.3, 0.4) is 0 Å². The molecule has 2 N–H and O–H groups in total. The van der Waals surface area contributed by atoms with Gasteiger partial charge in [0, 0.05) is 11.2 Å². The molecule has 1 amide bonds. The van der Waals surface area contributed by atoms with Crippen LogP contribution in [0.5, 0.6) is 0 Å². The van der Waals surface area contributed by atoms with Crippen molar-refractivity contribution in [3.63, 3.8) is 0 Å². The Labute approximate surface area is 148 Å². The molecule has 0 saturated heterocycles. The summed E-state index contributed by atoms with van der Waals surface area (Å²) in [5, 5.41) is 2.78.